The molecule has 0 heterocycles. The number of para-hydroxylation sites is 1. The number of rotatable bonds is 8. The molecular formula is C21H25N3O3. The van der Waals surface area contributed by atoms with Crippen molar-refractivity contribution < 1.29 is 14.3 Å². The lowest BCUT2D eigenvalue weighted by molar-refractivity contribution is -0.123. The van der Waals surface area contributed by atoms with Crippen LogP contribution in [-0.2, 0) is 16.0 Å². The van der Waals surface area contributed by atoms with E-state index in [1.165, 1.54) is 5.56 Å². The van der Waals surface area contributed by atoms with Gasteiger partial charge in [-0.2, -0.15) is 5.10 Å². The van der Waals surface area contributed by atoms with Gasteiger partial charge in [0.25, 0.3) is 5.91 Å². The van der Waals surface area contributed by atoms with Gasteiger partial charge in [0.15, 0.2) is 6.61 Å². The van der Waals surface area contributed by atoms with E-state index in [1.807, 2.05) is 49.4 Å². The SMILES string of the molecule is CCc1ccc(NC(=O)CC(C)=NNC(=O)COc2ccccc2C)cc1. The predicted molar refractivity (Wildman–Crippen MR) is 107 cm³/mol. The van der Waals surface area contributed by atoms with Crippen molar-refractivity contribution >= 4 is 23.2 Å². The van der Waals surface area contributed by atoms with Gasteiger partial charge in [-0.25, -0.2) is 5.43 Å². The summed E-state index contributed by atoms with van der Waals surface area (Å²) in [5.41, 5.74) is 5.80. The lowest BCUT2D eigenvalue weighted by Gasteiger charge is -2.08. The van der Waals surface area contributed by atoms with Crippen LogP contribution in [0.2, 0.25) is 0 Å². The summed E-state index contributed by atoms with van der Waals surface area (Å²) >= 11 is 0. The molecule has 0 fully saturated rings. The van der Waals surface area contributed by atoms with E-state index in [4.69, 9.17) is 4.74 Å². The number of ether oxygens (including phenoxy) is 1. The summed E-state index contributed by atoms with van der Waals surface area (Å²) in [5, 5.41) is 6.75. The average Bonchev–Trinajstić information content (AvgIpc) is 2.66. The Hall–Kier alpha value is -3.15. The molecule has 27 heavy (non-hydrogen) atoms. The normalized spacial score (nSPS) is 11.0. The molecule has 0 aromatic heterocycles. The fraction of sp³-hybridized carbons (Fsp3) is 0.286. The maximum Gasteiger partial charge on any atom is 0.277 e. The molecule has 142 valence electrons. The number of anilines is 1. The Balaban J connectivity index is 1.76. The quantitative estimate of drug-likeness (QED) is 0.554. The van der Waals surface area contributed by atoms with Gasteiger partial charge < -0.3 is 10.1 Å². The first-order chi connectivity index (χ1) is 13.0. The molecule has 0 aliphatic heterocycles. The minimum absolute atomic E-state index is 0.0917. The third-order valence-corrected chi connectivity index (χ3v) is 3.89. The van der Waals surface area contributed by atoms with Crippen LogP contribution < -0.4 is 15.5 Å². The van der Waals surface area contributed by atoms with Gasteiger partial charge in [0, 0.05) is 11.4 Å². The second kappa shape index (κ2) is 10.1. The van der Waals surface area contributed by atoms with Crippen LogP contribution in [0.5, 0.6) is 5.75 Å². The van der Waals surface area contributed by atoms with E-state index in [2.05, 4.69) is 22.8 Å². The van der Waals surface area contributed by atoms with Gasteiger partial charge in [0.1, 0.15) is 5.75 Å². The summed E-state index contributed by atoms with van der Waals surface area (Å²) < 4.78 is 5.45. The van der Waals surface area contributed by atoms with Gasteiger partial charge in [0.05, 0.1) is 6.42 Å². The second-order valence-corrected chi connectivity index (χ2v) is 6.21. The zero-order valence-corrected chi connectivity index (χ0v) is 15.9. The molecule has 0 saturated heterocycles. The number of nitrogens with zero attached hydrogens (tertiary/aromatic N) is 1. The van der Waals surface area contributed by atoms with Crippen molar-refractivity contribution in [3.05, 3.63) is 59.7 Å². The predicted octanol–water partition coefficient (Wildman–Crippen LogP) is 3.46. The Morgan fingerprint density at radius 3 is 2.41 bits per heavy atom. The van der Waals surface area contributed by atoms with Crippen molar-refractivity contribution in [3.63, 3.8) is 0 Å². The molecule has 0 atom stereocenters. The number of hydrazone groups is 1. The summed E-state index contributed by atoms with van der Waals surface area (Å²) in [4.78, 5) is 23.9. The molecule has 6 heteroatoms. The number of nitrogens with one attached hydrogen (secondary N) is 2. The van der Waals surface area contributed by atoms with Gasteiger partial charge in [-0.1, -0.05) is 37.3 Å². The second-order valence-electron chi connectivity index (χ2n) is 6.21. The van der Waals surface area contributed by atoms with Crippen LogP contribution in [0.1, 0.15) is 31.4 Å². The number of hydrogen-bond donors (Lipinski definition) is 2. The van der Waals surface area contributed by atoms with E-state index in [0.29, 0.717) is 11.5 Å². The molecule has 2 aromatic rings. The third-order valence-electron chi connectivity index (χ3n) is 3.89. The number of benzene rings is 2. The van der Waals surface area contributed by atoms with Crippen LogP contribution in [0.3, 0.4) is 0 Å². The molecule has 2 rings (SSSR count). The van der Waals surface area contributed by atoms with Crippen molar-refractivity contribution in [2.45, 2.75) is 33.6 Å². The Labute approximate surface area is 159 Å². The van der Waals surface area contributed by atoms with Gasteiger partial charge >= 0.3 is 0 Å². The van der Waals surface area contributed by atoms with Crippen LogP contribution in [-0.4, -0.2) is 24.1 Å². The van der Waals surface area contributed by atoms with Crippen molar-refractivity contribution in [1.82, 2.24) is 5.43 Å². The molecule has 0 saturated carbocycles. The van der Waals surface area contributed by atoms with Gasteiger partial charge in [0.2, 0.25) is 5.91 Å². The van der Waals surface area contributed by atoms with Crippen molar-refractivity contribution in [2.75, 3.05) is 11.9 Å². The molecule has 2 aromatic carbocycles. The molecule has 0 aliphatic rings. The third kappa shape index (κ3) is 6.93. The van der Waals surface area contributed by atoms with Crippen LogP contribution in [0, 0.1) is 6.92 Å². The highest BCUT2D eigenvalue weighted by Crippen LogP contribution is 2.15. The largest absolute Gasteiger partial charge is 0.483 e. The Morgan fingerprint density at radius 1 is 1.04 bits per heavy atom. The van der Waals surface area contributed by atoms with E-state index in [0.717, 1.165) is 17.7 Å². The maximum atomic E-state index is 12.0. The number of aryl methyl sites for hydroxylation is 2. The van der Waals surface area contributed by atoms with Crippen LogP contribution in [0.15, 0.2) is 53.6 Å². The summed E-state index contributed by atoms with van der Waals surface area (Å²) in [6.45, 7) is 5.53. The zero-order chi connectivity index (χ0) is 19.6. The molecule has 0 bridgehead atoms. The first-order valence-corrected chi connectivity index (χ1v) is 8.87. The van der Waals surface area contributed by atoms with Gasteiger partial charge in [-0.3, -0.25) is 9.59 Å². The zero-order valence-electron chi connectivity index (χ0n) is 15.9. The summed E-state index contributed by atoms with van der Waals surface area (Å²) in [7, 11) is 0. The van der Waals surface area contributed by atoms with E-state index < -0.39 is 0 Å². The smallest absolute Gasteiger partial charge is 0.277 e. The van der Waals surface area contributed by atoms with Crippen LogP contribution in [0.4, 0.5) is 5.69 Å². The lowest BCUT2D eigenvalue weighted by atomic mass is 10.1. The summed E-state index contributed by atoms with van der Waals surface area (Å²) in [6.07, 6.45) is 1.04. The topological polar surface area (TPSA) is 79.8 Å². The fourth-order valence-corrected chi connectivity index (χ4v) is 2.35. The molecule has 2 N–H and O–H groups in total. The monoisotopic (exact) mass is 367 g/mol. The van der Waals surface area contributed by atoms with E-state index in [1.54, 1.807) is 13.0 Å². The van der Waals surface area contributed by atoms with E-state index >= 15 is 0 Å². The highest BCUT2D eigenvalue weighted by atomic mass is 16.5. The average molecular weight is 367 g/mol. The van der Waals surface area contributed by atoms with Crippen LogP contribution >= 0.6 is 0 Å². The number of carbonyl (C=O) groups is 2. The van der Waals surface area contributed by atoms with E-state index in [9.17, 15) is 9.59 Å². The summed E-state index contributed by atoms with van der Waals surface area (Å²) in [5.74, 6) is 0.0842. The van der Waals surface area contributed by atoms with Gasteiger partial charge in [-0.15, -0.1) is 0 Å². The van der Waals surface area contributed by atoms with Crippen LogP contribution in [0.25, 0.3) is 0 Å². The number of carbonyl (C=O) groups excluding carboxylic acids is 2. The van der Waals surface area contributed by atoms with Gasteiger partial charge in [-0.05, 0) is 49.6 Å². The Morgan fingerprint density at radius 2 is 1.74 bits per heavy atom. The molecule has 0 unspecified atom stereocenters. The number of hydrogen-bond acceptors (Lipinski definition) is 4. The molecule has 2 amide bonds. The van der Waals surface area contributed by atoms with E-state index in [-0.39, 0.29) is 24.8 Å². The summed E-state index contributed by atoms with van der Waals surface area (Å²) in [6, 6.07) is 15.1. The van der Waals surface area contributed by atoms with Crippen molar-refractivity contribution in [1.29, 1.82) is 0 Å². The lowest BCUT2D eigenvalue weighted by Crippen LogP contribution is -2.26. The highest BCUT2D eigenvalue weighted by Gasteiger charge is 2.07. The number of amides is 2. The minimum atomic E-state index is -0.381. The first kappa shape index (κ1) is 20.2. The minimum Gasteiger partial charge on any atom is -0.483 e. The first-order valence-electron chi connectivity index (χ1n) is 8.87. The Bertz CT molecular complexity index is 814. The molecule has 6 nitrogen and oxygen atoms in total. The molecular weight excluding hydrogens is 342 g/mol. The van der Waals surface area contributed by atoms with Crippen molar-refractivity contribution in [3.8, 4) is 5.75 Å². The highest BCUT2D eigenvalue weighted by molar-refractivity contribution is 6.05. The molecule has 0 aliphatic carbocycles. The van der Waals surface area contributed by atoms with Crippen molar-refractivity contribution in [2.24, 2.45) is 5.10 Å². The standard InChI is InChI=1S/C21H25N3O3/c1-4-17-9-11-18(12-10-17)22-20(25)13-16(3)23-24-21(26)14-27-19-8-6-5-7-15(19)2/h5-12H,4,13-14H2,1-3H3,(H,22,25)(H,24,26). The Kier molecular flexibility index (Phi) is 7.55. The maximum absolute atomic E-state index is 12.0. The molecule has 0 radical (unpaired) electrons. The molecule has 0 spiro atoms. The fourth-order valence-electron chi connectivity index (χ4n) is 2.35.